The van der Waals surface area contributed by atoms with Crippen LogP contribution in [0.2, 0.25) is 0 Å². The maximum atomic E-state index is 12.4. The minimum Gasteiger partial charge on any atom is -0.481 e. The van der Waals surface area contributed by atoms with Gasteiger partial charge < -0.3 is 15.0 Å². The Balaban J connectivity index is 1.81. The van der Waals surface area contributed by atoms with E-state index in [9.17, 15) is 4.79 Å². The zero-order chi connectivity index (χ0) is 16.8. The van der Waals surface area contributed by atoms with Crippen LogP contribution >= 0.6 is 0 Å². The highest BCUT2D eigenvalue weighted by atomic mass is 16.5. The number of hydrogen-bond donors (Lipinski definition) is 1. The van der Waals surface area contributed by atoms with E-state index in [1.165, 1.54) is 12.0 Å². The lowest BCUT2D eigenvalue weighted by molar-refractivity contribution is -0.128. The largest absolute Gasteiger partial charge is 0.481 e. The van der Waals surface area contributed by atoms with Crippen LogP contribution in [0.1, 0.15) is 44.2 Å². The Morgan fingerprint density at radius 1 is 1.35 bits per heavy atom. The second-order valence-electron chi connectivity index (χ2n) is 6.65. The molecule has 1 N–H and O–H groups in total. The fourth-order valence-corrected chi connectivity index (χ4v) is 3.11. The number of hydrogen-bond acceptors (Lipinski definition) is 3. The fraction of sp³-hybridized carbons (Fsp3) is 0.632. The zero-order valence-electron chi connectivity index (χ0n) is 14.9. The highest BCUT2D eigenvalue weighted by molar-refractivity contribution is 5.81. The number of aryl methyl sites for hydroxylation is 2. The summed E-state index contributed by atoms with van der Waals surface area (Å²) >= 11 is 0. The van der Waals surface area contributed by atoms with Crippen LogP contribution < -0.4 is 10.1 Å². The Kier molecular flexibility index (Phi) is 6.46. The van der Waals surface area contributed by atoms with Gasteiger partial charge in [0.1, 0.15) is 5.75 Å². The molecule has 23 heavy (non-hydrogen) atoms. The SMILES string of the molecule is CCCN1CCC(NC(=O)[C@@H](C)Oc2ccc(C)cc2C)CC1. The lowest BCUT2D eigenvalue weighted by Crippen LogP contribution is -2.48. The Bertz CT molecular complexity index is 522. The molecule has 4 nitrogen and oxygen atoms in total. The number of carbonyl (C=O) groups excluding carboxylic acids is 1. The van der Waals surface area contributed by atoms with Crippen molar-refractivity contribution in [1.29, 1.82) is 0 Å². The monoisotopic (exact) mass is 318 g/mol. The van der Waals surface area contributed by atoms with Crippen LogP contribution in [-0.4, -0.2) is 42.6 Å². The topological polar surface area (TPSA) is 41.6 Å². The molecular formula is C19H30N2O2. The molecule has 1 aromatic rings. The number of ether oxygens (including phenoxy) is 1. The van der Waals surface area contributed by atoms with Crippen LogP contribution in [0, 0.1) is 13.8 Å². The number of nitrogens with one attached hydrogen (secondary N) is 1. The number of piperidine rings is 1. The van der Waals surface area contributed by atoms with Crippen LogP contribution in [0.25, 0.3) is 0 Å². The Labute approximate surface area is 140 Å². The van der Waals surface area contributed by atoms with Gasteiger partial charge in [-0.25, -0.2) is 0 Å². The molecule has 0 aromatic heterocycles. The summed E-state index contributed by atoms with van der Waals surface area (Å²) in [6.45, 7) is 11.4. The number of amides is 1. The summed E-state index contributed by atoms with van der Waals surface area (Å²) in [5.41, 5.74) is 2.27. The average molecular weight is 318 g/mol. The summed E-state index contributed by atoms with van der Waals surface area (Å²) in [4.78, 5) is 14.8. The summed E-state index contributed by atoms with van der Waals surface area (Å²) < 4.78 is 5.84. The van der Waals surface area contributed by atoms with Crippen molar-refractivity contribution in [3.05, 3.63) is 29.3 Å². The maximum Gasteiger partial charge on any atom is 0.260 e. The molecule has 1 heterocycles. The van der Waals surface area contributed by atoms with Gasteiger partial charge in [-0.2, -0.15) is 0 Å². The molecule has 0 saturated carbocycles. The molecule has 128 valence electrons. The predicted octanol–water partition coefficient (Wildman–Crippen LogP) is 3.06. The molecule has 1 amide bonds. The third kappa shape index (κ3) is 5.24. The molecule has 1 aliphatic rings. The van der Waals surface area contributed by atoms with E-state index in [-0.39, 0.29) is 11.9 Å². The van der Waals surface area contributed by atoms with Crippen molar-refractivity contribution >= 4 is 5.91 Å². The van der Waals surface area contributed by atoms with E-state index in [1.54, 1.807) is 0 Å². The van der Waals surface area contributed by atoms with Crippen molar-refractivity contribution in [2.45, 2.75) is 59.1 Å². The molecule has 1 atom stereocenters. The van der Waals surface area contributed by atoms with E-state index in [4.69, 9.17) is 4.74 Å². The van der Waals surface area contributed by atoms with Crippen molar-refractivity contribution in [2.75, 3.05) is 19.6 Å². The molecule has 0 bridgehead atoms. The highest BCUT2D eigenvalue weighted by Gasteiger charge is 2.23. The molecule has 2 rings (SSSR count). The second kappa shape index (κ2) is 8.34. The van der Waals surface area contributed by atoms with Crippen LogP contribution in [0.5, 0.6) is 5.75 Å². The van der Waals surface area contributed by atoms with Crippen molar-refractivity contribution in [2.24, 2.45) is 0 Å². The number of likely N-dealkylation sites (tertiary alicyclic amines) is 1. The summed E-state index contributed by atoms with van der Waals surface area (Å²) in [6.07, 6.45) is 2.78. The molecule has 0 unspecified atom stereocenters. The highest BCUT2D eigenvalue weighted by Crippen LogP contribution is 2.20. The number of rotatable bonds is 6. The Hall–Kier alpha value is -1.55. The minimum atomic E-state index is -0.468. The first-order chi connectivity index (χ1) is 11.0. The van der Waals surface area contributed by atoms with Crippen molar-refractivity contribution < 1.29 is 9.53 Å². The van der Waals surface area contributed by atoms with Gasteiger partial charge in [0.15, 0.2) is 6.10 Å². The third-order valence-electron chi connectivity index (χ3n) is 4.48. The zero-order valence-corrected chi connectivity index (χ0v) is 14.9. The number of nitrogens with zero attached hydrogens (tertiary/aromatic N) is 1. The van der Waals surface area contributed by atoms with Crippen LogP contribution in [-0.2, 0) is 4.79 Å². The predicted molar refractivity (Wildman–Crippen MR) is 93.9 cm³/mol. The lowest BCUT2D eigenvalue weighted by Gasteiger charge is -2.32. The van der Waals surface area contributed by atoms with Crippen molar-refractivity contribution in [3.8, 4) is 5.75 Å². The summed E-state index contributed by atoms with van der Waals surface area (Å²) in [6, 6.07) is 6.30. The standard InChI is InChI=1S/C19H30N2O2/c1-5-10-21-11-8-17(9-12-21)20-19(22)16(4)23-18-7-6-14(2)13-15(18)3/h6-7,13,16-17H,5,8-12H2,1-4H3,(H,20,22)/t16-/m1/s1. The van der Waals surface area contributed by atoms with E-state index in [1.807, 2.05) is 26.0 Å². The molecular weight excluding hydrogens is 288 g/mol. The maximum absolute atomic E-state index is 12.4. The van der Waals surface area contributed by atoms with E-state index >= 15 is 0 Å². The number of benzene rings is 1. The number of carbonyl (C=O) groups is 1. The fourth-order valence-electron chi connectivity index (χ4n) is 3.11. The molecule has 0 aliphatic carbocycles. The van der Waals surface area contributed by atoms with Gasteiger partial charge in [-0.15, -0.1) is 0 Å². The van der Waals surface area contributed by atoms with Gasteiger partial charge in [-0.3, -0.25) is 4.79 Å². The first-order valence-corrected chi connectivity index (χ1v) is 8.76. The van der Waals surface area contributed by atoms with Gasteiger partial charge in [-0.05, 0) is 58.2 Å². The van der Waals surface area contributed by atoms with Gasteiger partial charge in [0.25, 0.3) is 5.91 Å². The molecule has 1 aromatic carbocycles. The van der Waals surface area contributed by atoms with Gasteiger partial charge in [0.2, 0.25) is 0 Å². The van der Waals surface area contributed by atoms with Gasteiger partial charge in [0.05, 0.1) is 0 Å². The van der Waals surface area contributed by atoms with Crippen LogP contribution in [0.3, 0.4) is 0 Å². The summed E-state index contributed by atoms with van der Waals surface area (Å²) in [7, 11) is 0. The minimum absolute atomic E-state index is 0.0149. The van der Waals surface area contributed by atoms with Gasteiger partial charge in [-0.1, -0.05) is 24.6 Å². The summed E-state index contributed by atoms with van der Waals surface area (Å²) in [5, 5.41) is 3.14. The lowest BCUT2D eigenvalue weighted by atomic mass is 10.0. The van der Waals surface area contributed by atoms with Crippen molar-refractivity contribution in [3.63, 3.8) is 0 Å². The molecule has 0 spiro atoms. The van der Waals surface area contributed by atoms with Crippen molar-refractivity contribution in [1.82, 2.24) is 10.2 Å². The average Bonchev–Trinajstić information content (AvgIpc) is 2.52. The van der Waals surface area contributed by atoms with E-state index in [2.05, 4.69) is 30.1 Å². The van der Waals surface area contributed by atoms with Gasteiger partial charge >= 0.3 is 0 Å². The molecule has 1 aliphatic heterocycles. The second-order valence-corrected chi connectivity index (χ2v) is 6.65. The molecule has 4 heteroatoms. The van der Waals surface area contributed by atoms with Crippen LogP contribution in [0.15, 0.2) is 18.2 Å². The van der Waals surface area contributed by atoms with Gasteiger partial charge in [0, 0.05) is 19.1 Å². The summed E-state index contributed by atoms with van der Waals surface area (Å²) in [5.74, 6) is 0.773. The first kappa shape index (κ1) is 17.8. The van der Waals surface area contributed by atoms with Crippen LogP contribution in [0.4, 0.5) is 0 Å². The van der Waals surface area contributed by atoms with E-state index in [0.29, 0.717) is 0 Å². The van der Waals surface area contributed by atoms with E-state index in [0.717, 1.165) is 43.8 Å². The molecule has 1 saturated heterocycles. The molecule has 0 radical (unpaired) electrons. The normalized spacial score (nSPS) is 17.7. The smallest absolute Gasteiger partial charge is 0.260 e. The molecule has 1 fully saturated rings. The third-order valence-corrected chi connectivity index (χ3v) is 4.48. The Morgan fingerprint density at radius 3 is 2.65 bits per heavy atom. The quantitative estimate of drug-likeness (QED) is 0.876. The Morgan fingerprint density at radius 2 is 2.04 bits per heavy atom. The first-order valence-electron chi connectivity index (χ1n) is 8.76. The van der Waals surface area contributed by atoms with E-state index < -0.39 is 6.10 Å².